The number of ether oxygens (including phenoxy) is 4. The van der Waals surface area contributed by atoms with Crippen LogP contribution < -0.4 is 14.4 Å². The summed E-state index contributed by atoms with van der Waals surface area (Å²) in [6, 6.07) is 17.4. The summed E-state index contributed by atoms with van der Waals surface area (Å²) in [5.41, 5.74) is 0.542. The normalized spacial score (nSPS) is 18.8. The Morgan fingerprint density at radius 2 is 1.27 bits per heavy atom. The second-order valence-corrected chi connectivity index (χ2v) is 29.8. The number of hydrogen-bond donors (Lipinski definition) is 4. The molecule has 0 aromatic heterocycles. The van der Waals surface area contributed by atoms with Crippen molar-refractivity contribution in [2.24, 2.45) is 0 Å². The van der Waals surface area contributed by atoms with E-state index in [2.05, 4.69) is 0 Å². The number of hydrogen-bond acceptors (Lipinski definition) is 20. The van der Waals surface area contributed by atoms with Gasteiger partial charge in [0.1, 0.15) is 28.2 Å². The summed E-state index contributed by atoms with van der Waals surface area (Å²) in [5, 5.41) is 1.80. The molecule has 2 atom stereocenters. The topological polar surface area (TPSA) is 382 Å². The number of allylic oxidation sites excluding steroid dienone is 6. The van der Waals surface area contributed by atoms with Crippen LogP contribution in [0.2, 0.25) is 0 Å². The predicted molar refractivity (Wildman–Crippen MR) is 333 cm³/mol. The number of anilines is 1. The third kappa shape index (κ3) is 15.9. The van der Waals surface area contributed by atoms with Gasteiger partial charge in [-0.05, 0) is 133 Å². The molecule has 3 heterocycles. The van der Waals surface area contributed by atoms with Crippen LogP contribution in [-0.2, 0) is 85.3 Å². The SMILES string of the molecule is CCCN1/C(=C/C=C(/C=C/C2=[N+](CCCS(=O)(=O)O)c3ccc4c(S(=O)(=O)[O-])cccc4c3C2(C)CCOC)c2c(OCCCS(=O)(=O)O)cc(C(=O)ON3C(=O)CCC3=O)cc2OCCCS(=O)(=O)O)C(C)(CCOC)c2c1ccc1ccc(S(=O)(=O)O)cc21. The first-order valence-corrected chi connectivity index (χ1v) is 36.3. The van der Waals surface area contributed by atoms with Crippen LogP contribution in [0.5, 0.6) is 11.5 Å². The summed E-state index contributed by atoms with van der Waals surface area (Å²) in [7, 11) is -20.6. The second kappa shape index (κ2) is 27.7. The van der Waals surface area contributed by atoms with Crippen LogP contribution in [0.3, 0.4) is 0 Å². The highest BCUT2D eigenvalue weighted by atomic mass is 32.2. The molecule has 3 aliphatic rings. The van der Waals surface area contributed by atoms with Gasteiger partial charge in [0, 0.05) is 87.7 Å². The Morgan fingerprint density at radius 3 is 1.84 bits per heavy atom. The fourth-order valence-electron chi connectivity index (χ4n) is 11.9. The number of carbonyl (C=O) groups is 3. The standard InChI is InChI=1S/C60H69N3O23S5/c1-6-27-61-46-19-14-39-13-17-42(90(76,77)78)38-45(39)57(46)60(3,26-32-83-5)51(61)21-15-40(16-22-52-59(2,25-31-82-4)56-44-11-7-12-50(91(79,80)81)43(44)18-20-47(56)62(52)28-8-33-87(67,68)69)55-48(84-29-9-34-88(70,71)72)36-41(37-49(55)85-30-10-35-89(73,74)75)58(66)86-63-53(64)23-24-54(63)65/h7,11-22,36-38H,6,8-10,23-35H2,1-5H3,(H4-,67,68,69,70,71,72,73,74,75,76,77,78,79,80,81). The summed E-state index contributed by atoms with van der Waals surface area (Å²) in [6.07, 6.45) is 6.10. The smallest absolute Gasteiger partial charge is 0.364 e. The minimum absolute atomic E-state index is 0.0560. The van der Waals surface area contributed by atoms with Gasteiger partial charge in [0.2, 0.25) is 5.69 Å². The molecule has 1 fully saturated rings. The Hall–Kier alpha value is -7.01. The first-order valence-electron chi connectivity index (χ1n) is 28.6. The van der Waals surface area contributed by atoms with Gasteiger partial charge in [-0.2, -0.15) is 38.2 Å². The van der Waals surface area contributed by atoms with Crippen molar-refractivity contribution in [1.82, 2.24) is 5.06 Å². The Morgan fingerprint density at radius 1 is 0.692 bits per heavy atom. The molecule has 2 amide bonds. The van der Waals surface area contributed by atoms with Crippen molar-refractivity contribution in [2.75, 3.05) is 75.9 Å². The third-order valence-electron chi connectivity index (χ3n) is 16.0. The van der Waals surface area contributed by atoms with Gasteiger partial charge in [-0.15, -0.1) is 5.06 Å². The van der Waals surface area contributed by atoms with E-state index in [9.17, 15) is 79.2 Å². The highest BCUT2D eigenvalue weighted by Crippen LogP contribution is 2.54. The molecular weight excluding hydrogens is 1290 g/mol. The Balaban J connectivity index is 1.49. The first-order chi connectivity index (χ1) is 42.6. The van der Waals surface area contributed by atoms with Crippen LogP contribution in [0.15, 0.2) is 113 Å². The zero-order valence-corrected chi connectivity index (χ0v) is 54.3. The molecule has 492 valence electrons. The number of fused-ring (bicyclic) bond motifs is 6. The van der Waals surface area contributed by atoms with Gasteiger partial charge in [0.15, 0.2) is 5.71 Å². The molecular formula is C60H69N3O23S5. The summed E-state index contributed by atoms with van der Waals surface area (Å²) >= 11 is 0. The molecule has 31 heteroatoms. The van der Waals surface area contributed by atoms with Gasteiger partial charge in [-0.25, -0.2) is 13.2 Å². The van der Waals surface area contributed by atoms with E-state index in [-0.39, 0.29) is 103 Å². The molecule has 0 spiro atoms. The van der Waals surface area contributed by atoms with Crippen LogP contribution in [0, 0.1) is 0 Å². The lowest BCUT2D eigenvalue weighted by molar-refractivity contribution is -0.437. The minimum Gasteiger partial charge on any atom is -0.744 e. The molecule has 1 saturated heterocycles. The van der Waals surface area contributed by atoms with E-state index >= 15 is 0 Å². The number of benzene rings is 5. The highest BCUT2D eigenvalue weighted by molar-refractivity contribution is 7.86. The first kappa shape index (κ1) is 69.9. The van der Waals surface area contributed by atoms with E-state index < -0.39 is 120 Å². The van der Waals surface area contributed by atoms with E-state index in [1.807, 2.05) is 31.7 Å². The zero-order valence-electron chi connectivity index (χ0n) is 50.2. The molecule has 0 bridgehead atoms. The molecule has 0 radical (unpaired) electrons. The minimum atomic E-state index is -5.07. The number of methoxy groups -OCH3 is 2. The highest BCUT2D eigenvalue weighted by Gasteiger charge is 2.49. The maximum atomic E-state index is 14.2. The maximum Gasteiger partial charge on any atom is 0.364 e. The Bertz CT molecular complexity index is 4370. The van der Waals surface area contributed by atoms with Crippen LogP contribution in [0.1, 0.15) is 99.2 Å². The molecule has 4 N–H and O–H groups in total. The summed E-state index contributed by atoms with van der Waals surface area (Å²) < 4.78 is 203. The molecule has 2 unspecified atom stereocenters. The average molecular weight is 1360 g/mol. The molecule has 0 saturated carbocycles. The largest absolute Gasteiger partial charge is 0.744 e. The van der Waals surface area contributed by atoms with E-state index in [0.717, 1.165) is 12.1 Å². The predicted octanol–water partition coefficient (Wildman–Crippen LogP) is 7.10. The number of carbonyl (C=O) groups excluding carboxylic acids is 3. The van der Waals surface area contributed by atoms with Crippen LogP contribution in [0.25, 0.3) is 27.1 Å². The van der Waals surface area contributed by atoms with E-state index in [1.54, 1.807) is 53.1 Å². The molecule has 26 nitrogen and oxygen atoms in total. The molecule has 0 aliphatic carbocycles. The summed E-state index contributed by atoms with van der Waals surface area (Å²) in [5.74, 6) is -5.85. The maximum absolute atomic E-state index is 14.2. The lowest BCUT2D eigenvalue weighted by Gasteiger charge is -2.30. The van der Waals surface area contributed by atoms with Gasteiger partial charge in [-0.3, -0.25) is 27.8 Å². The van der Waals surface area contributed by atoms with Gasteiger partial charge in [-0.1, -0.05) is 37.3 Å². The Kier molecular flexibility index (Phi) is 21.2. The van der Waals surface area contributed by atoms with E-state index in [1.165, 1.54) is 44.6 Å². The fraction of sp³-hybridized carbons (Fsp3) is 0.400. The van der Waals surface area contributed by atoms with Crippen LogP contribution in [0.4, 0.5) is 11.4 Å². The number of amides is 2. The van der Waals surface area contributed by atoms with Gasteiger partial charge < -0.3 is 33.2 Å². The van der Waals surface area contributed by atoms with Crippen LogP contribution >= 0.6 is 0 Å². The zero-order chi connectivity index (χ0) is 66.6. The van der Waals surface area contributed by atoms with Gasteiger partial charge >= 0.3 is 5.97 Å². The number of hydroxylamine groups is 2. The number of rotatable bonds is 30. The monoisotopic (exact) mass is 1360 g/mol. The lowest BCUT2D eigenvalue weighted by Crippen LogP contribution is -2.33. The third-order valence-corrected chi connectivity index (χ3v) is 20.2. The van der Waals surface area contributed by atoms with Crippen molar-refractivity contribution in [3.8, 4) is 11.5 Å². The van der Waals surface area contributed by atoms with Crippen molar-refractivity contribution in [2.45, 2.75) is 92.8 Å². The summed E-state index contributed by atoms with van der Waals surface area (Å²) in [4.78, 5) is 46.2. The van der Waals surface area contributed by atoms with Crippen LogP contribution in [-0.4, -0.2) is 169 Å². The van der Waals surface area contributed by atoms with E-state index in [0.29, 0.717) is 63.0 Å². The van der Waals surface area contributed by atoms with Crippen molar-refractivity contribution < 1.29 is 108 Å². The second-order valence-electron chi connectivity index (χ2n) is 22.4. The molecule has 5 aromatic rings. The van der Waals surface area contributed by atoms with Crippen molar-refractivity contribution >= 4 is 113 Å². The van der Waals surface area contributed by atoms with Crippen molar-refractivity contribution in [3.63, 3.8) is 0 Å². The molecule has 8 rings (SSSR count). The number of imide groups is 1. The lowest BCUT2D eigenvalue weighted by atomic mass is 9.74. The molecule has 3 aliphatic heterocycles. The number of nitrogens with zero attached hydrogens (tertiary/aromatic N) is 3. The van der Waals surface area contributed by atoms with E-state index in [4.69, 9.17) is 23.8 Å². The average Bonchev–Trinajstić information content (AvgIpc) is 1.59. The molecule has 91 heavy (non-hydrogen) atoms. The molecule has 5 aromatic carbocycles. The van der Waals surface area contributed by atoms with Crippen molar-refractivity contribution in [3.05, 3.63) is 125 Å². The fourth-order valence-corrected chi connectivity index (χ4v) is 14.6. The van der Waals surface area contributed by atoms with Gasteiger partial charge in [0.25, 0.3) is 52.3 Å². The Labute approximate surface area is 527 Å². The quantitative estimate of drug-likeness (QED) is 0.0117. The van der Waals surface area contributed by atoms with Crippen molar-refractivity contribution in [1.29, 1.82) is 0 Å². The summed E-state index contributed by atoms with van der Waals surface area (Å²) in [6.45, 7) is 5.13. The van der Waals surface area contributed by atoms with Gasteiger partial charge in [0.05, 0.1) is 56.8 Å².